The third kappa shape index (κ3) is 5.15. The lowest BCUT2D eigenvalue weighted by Gasteiger charge is -2.09. The van der Waals surface area contributed by atoms with Gasteiger partial charge in [0.15, 0.2) is 5.13 Å². The quantitative estimate of drug-likeness (QED) is 0.240. The summed E-state index contributed by atoms with van der Waals surface area (Å²) in [6.45, 7) is 4.31. The number of nitrogens with one attached hydrogen (secondary N) is 3. The average molecular weight is 513 g/mol. The van der Waals surface area contributed by atoms with Crippen molar-refractivity contribution in [2.75, 3.05) is 11.9 Å². The molecule has 0 aliphatic carbocycles. The molecule has 2 heterocycles. The van der Waals surface area contributed by atoms with Crippen LogP contribution in [-0.2, 0) is 6.42 Å². The molecule has 2 amide bonds. The summed E-state index contributed by atoms with van der Waals surface area (Å²) in [5.74, 6) is -0.676. The van der Waals surface area contributed by atoms with Gasteiger partial charge in [-0.05, 0) is 72.9 Å². The van der Waals surface area contributed by atoms with Gasteiger partial charge in [-0.2, -0.15) is 0 Å². The highest BCUT2D eigenvalue weighted by Crippen LogP contribution is 2.28. The summed E-state index contributed by atoms with van der Waals surface area (Å²) in [5, 5.41) is 8.98. The molecule has 3 N–H and O–H groups in total. The van der Waals surface area contributed by atoms with Crippen LogP contribution < -0.4 is 10.6 Å². The van der Waals surface area contributed by atoms with Gasteiger partial charge in [0, 0.05) is 40.3 Å². The van der Waals surface area contributed by atoms with Gasteiger partial charge in [0.25, 0.3) is 11.8 Å². The van der Waals surface area contributed by atoms with E-state index in [2.05, 4.69) is 20.6 Å². The molecule has 0 fully saturated rings. The molecular formula is C29H25FN4O2S. The zero-order chi connectivity index (χ0) is 25.9. The molecule has 0 unspecified atom stereocenters. The van der Waals surface area contributed by atoms with Crippen molar-refractivity contribution in [1.82, 2.24) is 15.3 Å². The van der Waals surface area contributed by atoms with E-state index in [1.165, 1.54) is 17.4 Å². The van der Waals surface area contributed by atoms with Crippen LogP contribution in [0.1, 0.15) is 37.5 Å². The van der Waals surface area contributed by atoms with Gasteiger partial charge >= 0.3 is 0 Å². The van der Waals surface area contributed by atoms with Crippen molar-refractivity contribution in [3.8, 4) is 11.1 Å². The predicted molar refractivity (Wildman–Crippen MR) is 146 cm³/mol. The van der Waals surface area contributed by atoms with E-state index in [4.69, 9.17) is 0 Å². The average Bonchev–Trinajstić information content (AvgIpc) is 3.54. The van der Waals surface area contributed by atoms with E-state index in [9.17, 15) is 14.0 Å². The van der Waals surface area contributed by atoms with E-state index in [0.29, 0.717) is 34.7 Å². The molecule has 6 nitrogen and oxygen atoms in total. The number of fused-ring (bicyclic) bond motifs is 1. The normalized spacial score (nSPS) is 11.0. The Kier molecular flexibility index (Phi) is 6.83. The summed E-state index contributed by atoms with van der Waals surface area (Å²) in [6, 6.07) is 17.8. The summed E-state index contributed by atoms with van der Waals surface area (Å²) < 4.78 is 14.2. The Labute approximate surface area is 217 Å². The predicted octanol–water partition coefficient (Wildman–Crippen LogP) is 6.27. The number of nitrogens with zero attached hydrogens (tertiary/aromatic N) is 1. The molecule has 5 rings (SSSR count). The zero-order valence-corrected chi connectivity index (χ0v) is 21.2. The summed E-state index contributed by atoms with van der Waals surface area (Å²) in [5.41, 5.74) is 6.27. The van der Waals surface area contributed by atoms with Crippen molar-refractivity contribution in [2.45, 2.75) is 20.3 Å². The number of anilines is 1. The molecule has 0 radical (unpaired) electrons. The van der Waals surface area contributed by atoms with Crippen LogP contribution in [0.4, 0.5) is 9.52 Å². The van der Waals surface area contributed by atoms with Crippen LogP contribution in [0.15, 0.2) is 72.2 Å². The van der Waals surface area contributed by atoms with Crippen LogP contribution in [-0.4, -0.2) is 28.3 Å². The Morgan fingerprint density at radius 2 is 1.78 bits per heavy atom. The van der Waals surface area contributed by atoms with Gasteiger partial charge < -0.3 is 10.3 Å². The number of halogens is 1. The number of hydrogen-bond donors (Lipinski definition) is 3. The van der Waals surface area contributed by atoms with Crippen LogP contribution >= 0.6 is 11.3 Å². The third-order valence-corrected chi connectivity index (χ3v) is 7.04. The molecular weight excluding hydrogens is 487 g/mol. The van der Waals surface area contributed by atoms with E-state index in [1.54, 1.807) is 35.8 Å². The number of H-pyrrole nitrogens is 1. The number of carbonyl (C=O) groups is 2. The number of hydrogen-bond acceptors (Lipinski definition) is 4. The van der Waals surface area contributed by atoms with E-state index < -0.39 is 0 Å². The lowest BCUT2D eigenvalue weighted by Crippen LogP contribution is -2.25. The molecule has 37 heavy (non-hydrogen) atoms. The largest absolute Gasteiger partial charge is 0.356 e. The Bertz CT molecular complexity index is 1590. The number of aromatic amines is 1. The minimum absolute atomic E-state index is 0.177. The fraction of sp³-hybridized carbons (Fsp3) is 0.138. The molecule has 2 aromatic heterocycles. The second-order valence-corrected chi connectivity index (χ2v) is 9.69. The van der Waals surface area contributed by atoms with E-state index >= 15 is 0 Å². The topological polar surface area (TPSA) is 86.9 Å². The summed E-state index contributed by atoms with van der Waals surface area (Å²) in [4.78, 5) is 32.5. The molecule has 0 spiro atoms. The molecule has 0 bridgehead atoms. The first-order valence-corrected chi connectivity index (χ1v) is 12.7. The smallest absolute Gasteiger partial charge is 0.257 e. The summed E-state index contributed by atoms with van der Waals surface area (Å²) in [6.07, 6.45) is 2.23. The number of aromatic nitrogens is 2. The van der Waals surface area contributed by atoms with Crippen LogP contribution in [0.2, 0.25) is 0 Å². The molecule has 5 aromatic rings. The lowest BCUT2D eigenvalue weighted by atomic mass is 10.0. The van der Waals surface area contributed by atoms with Crippen molar-refractivity contribution in [3.05, 3.63) is 106 Å². The Balaban J connectivity index is 1.23. The number of benzene rings is 3. The number of amides is 2. The van der Waals surface area contributed by atoms with Gasteiger partial charge in [0.05, 0.1) is 5.52 Å². The van der Waals surface area contributed by atoms with Gasteiger partial charge in [0.2, 0.25) is 0 Å². The first-order valence-electron chi connectivity index (χ1n) is 11.9. The zero-order valence-electron chi connectivity index (χ0n) is 20.4. The highest BCUT2D eigenvalue weighted by molar-refractivity contribution is 7.13. The Morgan fingerprint density at radius 1 is 0.973 bits per heavy atom. The highest BCUT2D eigenvalue weighted by Gasteiger charge is 2.15. The van der Waals surface area contributed by atoms with Gasteiger partial charge in [-0.15, -0.1) is 11.3 Å². The Hall–Kier alpha value is -4.30. The van der Waals surface area contributed by atoms with Crippen molar-refractivity contribution in [3.63, 3.8) is 0 Å². The first kappa shape index (κ1) is 24.4. The minimum atomic E-state index is -0.273. The summed E-state index contributed by atoms with van der Waals surface area (Å²) in [7, 11) is 0. The molecule has 0 aliphatic rings. The minimum Gasteiger partial charge on any atom is -0.356 e. The third-order valence-electron chi connectivity index (χ3n) is 6.35. The fourth-order valence-corrected chi connectivity index (χ4v) is 4.99. The van der Waals surface area contributed by atoms with Crippen LogP contribution in [0, 0.1) is 19.7 Å². The lowest BCUT2D eigenvalue weighted by molar-refractivity contribution is 0.0953. The molecule has 0 aliphatic heterocycles. The fourth-order valence-electron chi connectivity index (χ4n) is 4.47. The van der Waals surface area contributed by atoms with Crippen LogP contribution in [0.5, 0.6) is 0 Å². The van der Waals surface area contributed by atoms with Gasteiger partial charge in [0.1, 0.15) is 5.82 Å². The van der Waals surface area contributed by atoms with Gasteiger partial charge in [-0.1, -0.05) is 30.3 Å². The Morgan fingerprint density at radius 3 is 2.54 bits per heavy atom. The van der Waals surface area contributed by atoms with Gasteiger partial charge in [-0.25, -0.2) is 9.37 Å². The van der Waals surface area contributed by atoms with Gasteiger partial charge in [-0.3, -0.25) is 14.9 Å². The maximum atomic E-state index is 14.2. The second-order valence-electron chi connectivity index (χ2n) is 8.80. The van der Waals surface area contributed by atoms with Crippen molar-refractivity contribution in [2.24, 2.45) is 0 Å². The molecule has 8 heteroatoms. The van der Waals surface area contributed by atoms with Crippen molar-refractivity contribution in [1.29, 1.82) is 0 Å². The maximum Gasteiger partial charge on any atom is 0.257 e. The number of carbonyl (C=O) groups excluding carboxylic acids is 2. The molecule has 0 saturated heterocycles. The molecule has 3 aromatic carbocycles. The highest BCUT2D eigenvalue weighted by atomic mass is 32.1. The first-order chi connectivity index (χ1) is 17.9. The van der Waals surface area contributed by atoms with Crippen molar-refractivity contribution < 1.29 is 14.0 Å². The van der Waals surface area contributed by atoms with Crippen LogP contribution in [0.25, 0.3) is 22.0 Å². The molecule has 0 atom stereocenters. The van der Waals surface area contributed by atoms with Crippen LogP contribution in [0.3, 0.4) is 0 Å². The molecule has 186 valence electrons. The summed E-state index contributed by atoms with van der Waals surface area (Å²) >= 11 is 1.36. The standard InChI is InChI=1S/C29H25FN4O2S/c1-17-6-11-24(30)26-25(17)23(18(2)33-26)12-13-31-27(35)20-9-7-19(8-10-20)21-4-3-5-22(16-21)28(36)34-29-32-14-15-37-29/h3-11,14-16,33H,12-13H2,1-2H3,(H,31,35)(H,32,34,36). The number of thiazole rings is 1. The maximum absolute atomic E-state index is 14.2. The van der Waals surface area contributed by atoms with E-state index in [0.717, 1.165) is 33.3 Å². The molecule has 0 saturated carbocycles. The number of rotatable bonds is 7. The monoisotopic (exact) mass is 512 g/mol. The number of aryl methyl sites for hydroxylation is 2. The van der Waals surface area contributed by atoms with E-state index in [-0.39, 0.29) is 17.6 Å². The van der Waals surface area contributed by atoms with E-state index in [1.807, 2.05) is 44.2 Å². The SMILES string of the molecule is Cc1[nH]c2c(F)ccc(C)c2c1CCNC(=O)c1ccc(-c2cccc(C(=O)Nc3nccs3)c2)cc1. The second kappa shape index (κ2) is 10.4. The van der Waals surface area contributed by atoms with Crippen molar-refractivity contribution >= 4 is 39.2 Å².